The SMILES string of the molecule is CCCCCCOc1cc(Sc2ccc3c(c2)-c2nc-3nc3[nH]c(nc4nc(nc5[nH]c(n2)c2ccc(Sc6ccc(/C(C)=C/C(=O)O)c(OCCCCCC)c6)cc52)-c2ccc(Sc5ccc(/C(C)=C/C(=O)O)c(OCCCCCC)c5)cc2-4)c2ccc(Sc4ccc(/C(C)=C/C(=O)O)c(OCCCCCC)c4)cc32)ccc1/C(C)=C/C(=O)O. The summed E-state index contributed by atoms with van der Waals surface area (Å²) < 4.78 is 25.9. The highest BCUT2D eigenvalue weighted by Gasteiger charge is 2.26. The van der Waals surface area contributed by atoms with E-state index in [1.54, 1.807) is 27.7 Å². The molecule has 0 radical (unpaired) electrons. The van der Waals surface area contributed by atoms with Gasteiger partial charge in [-0.15, -0.1) is 0 Å². The Morgan fingerprint density at radius 2 is 0.533 bits per heavy atom. The predicted molar refractivity (Wildman–Crippen MR) is 482 cm³/mol. The lowest BCUT2D eigenvalue weighted by molar-refractivity contribution is -0.132. The summed E-state index contributed by atoms with van der Waals surface area (Å²) in [5.74, 6) is -0.326. The number of aliphatic carboxylic acids is 4. The van der Waals surface area contributed by atoms with Crippen LogP contribution in [0.4, 0.5) is 0 Å². The van der Waals surface area contributed by atoms with Crippen LogP contribution in [0.1, 0.15) is 180 Å². The van der Waals surface area contributed by atoms with E-state index in [0.29, 0.717) is 162 Å². The molecule has 0 amide bonds. The molecule has 8 bridgehead atoms. The van der Waals surface area contributed by atoms with Crippen molar-refractivity contribution in [2.75, 3.05) is 26.4 Å². The molecule has 20 nitrogen and oxygen atoms in total. The maximum Gasteiger partial charge on any atom is 0.328 e. The van der Waals surface area contributed by atoms with Crippen LogP contribution in [-0.2, 0) is 19.2 Å². The number of aromatic nitrogens is 8. The van der Waals surface area contributed by atoms with Crippen LogP contribution in [0, 0.1) is 0 Å². The van der Waals surface area contributed by atoms with E-state index < -0.39 is 23.9 Å². The fraction of sp³-hybridized carbons (Fsp3) is 0.292. The molecule has 11 aromatic rings. The van der Waals surface area contributed by atoms with E-state index in [-0.39, 0.29) is 0 Å². The maximum absolute atomic E-state index is 12.0. The van der Waals surface area contributed by atoms with E-state index >= 15 is 0 Å². The summed E-state index contributed by atoms with van der Waals surface area (Å²) in [6, 6.07) is 47.9. The first-order chi connectivity index (χ1) is 58.2. The van der Waals surface area contributed by atoms with Crippen molar-refractivity contribution in [2.45, 2.75) is 197 Å². The first-order valence-electron chi connectivity index (χ1n) is 41.0. The Kier molecular flexibility index (Phi) is 29.5. The van der Waals surface area contributed by atoms with Gasteiger partial charge < -0.3 is 49.3 Å². The number of nitrogens with zero attached hydrogens (tertiary/aromatic N) is 6. The Morgan fingerprint density at radius 1 is 0.292 bits per heavy atom. The number of carboxylic acid groups (broad SMARTS) is 4. The molecule has 618 valence electrons. The third kappa shape index (κ3) is 22.0. The average molecular weight is 1680 g/mol. The van der Waals surface area contributed by atoms with Gasteiger partial charge in [0.1, 0.15) is 45.6 Å². The number of nitrogens with one attached hydrogen (secondary N) is 2. The molecule has 120 heavy (non-hydrogen) atoms. The normalized spacial score (nSPS) is 12.3. The second kappa shape index (κ2) is 41.0. The van der Waals surface area contributed by atoms with Crippen molar-refractivity contribution < 1.29 is 58.6 Å². The van der Waals surface area contributed by atoms with Crippen molar-refractivity contribution in [1.29, 1.82) is 0 Å². The minimum absolute atomic E-state index is 0.371. The molecule has 8 aromatic carbocycles. The highest BCUT2D eigenvalue weighted by molar-refractivity contribution is 8.00. The predicted octanol–water partition coefficient (Wildman–Crippen LogP) is 25.3. The molecule has 3 aromatic heterocycles. The minimum atomic E-state index is -1.05. The van der Waals surface area contributed by atoms with Gasteiger partial charge in [-0.1, -0.05) is 152 Å². The number of carboxylic acids is 4. The number of fused-ring (bicyclic) bond motifs is 20. The van der Waals surface area contributed by atoms with Gasteiger partial charge in [-0.05, 0) is 221 Å². The molecule has 0 atom stereocenters. The van der Waals surface area contributed by atoms with Gasteiger partial charge in [0.05, 0.1) is 26.4 Å². The number of ether oxygens (including phenoxy) is 4. The lowest BCUT2D eigenvalue weighted by atomic mass is 10.1. The number of hydrogen-bond acceptors (Lipinski definition) is 18. The van der Waals surface area contributed by atoms with Crippen LogP contribution >= 0.6 is 47.0 Å². The summed E-state index contributed by atoms with van der Waals surface area (Å²) in [4.78, 5) is 95.0. The summed E-state index contributed by atoms with van der Waals surface area (Å²) in [7, 11) is 0. The van der Waals surface area contributed by atoms with E-state index in [0.717, 1.165) is 163 Å². The van der Waals surface area contributed by atoms with Crippen LogP contribution < -0.4 is 18.9 Å². The highest BCUT2D eigenvalue weighted by Crippen LogP contribution is 2.46. The van der Waals surface area contributed by atoms with Crippen LogP contribution in [0.3, 0.4) is 0 Å². The summed E-state index contributed by atoms with van der Waals surface area (Å²) in [6.07, 6.45) is 20.9. The number of aromatic amines is 2. The van der Waals surface area contributed by atoms with Gasteiger partial charge in [0.15, 0.2) is 23.3 Å². The van der Waals surface area contributed by atoms with Crippen LogP contribution in [0.25, 0.3) is 112 Å². The van der Waals surface area contributed by atoms with E-state index in [1.165, 1.54) is 71.4 Å². The monoisotopic (exact) mass is 1680 g/mol. The molecule has 0 saturated heterocycles. The Hall–Kier alpha value is -11.4. The first kappa shape index (κ1) is 86.4. The summed E-state index contributed by atoms with van der Waals surface area (Å²) >= 11 is 6.09. The average Bonchev–Trinajstić information content (AvgIpc) is 1.61. The smallest absolute Gasteiger partial charge is 0.328 e. The fourth-order valence-electron chi connectivity index (χ4n) is 14.5. The lowest BCUT2D eigenvalue weighted by Gasteiger charge is -2.14. The number of rotatable bonds is 40. The molecule has 0 unspecified atom stereocenters. The Morgan fingerprint density at radius 3 is 0.808 bits per heavy atom. The molecule has 2 aliphatic rings. The topological polar surface area (TPSA) is 295 Å². The van der Waals surface area contributed by atoms with Gasteiger partial charge in [-0.2, -0.15) is 0 Å². The molecule has 24 heteroatoms. The standard InChI is InChI=1S/C96H98N8O12S4/c1-9-13-17-21-41-113-81-53-65(25-33-69(81)57(5)45-85(105)106)117-61-29-37-73-77(49-61)93-97-89(73)102-94-79-51-63(119-67-27-35-71(59(7)47-87(109)110)83(55-67)115-43-23-19-15-11-3)31-39-75(79)91(99-94)104-96-80-52-64(120-68-28-36-72(60(8)48-88(111)112)84(56-68)116-44-24-20-16-12-4)32-40-76(80)92(100-96)103-95-78-50-62(30-38-74(78)90(98-95)101-93)118-66-26-34-70(58(6)46-86(107)108)82(54-66)114-42-22-18-14-10-2/h25-40,45-56H,9-24,41-44H2,1-8H3,(H,105,106)(H,107,108)(H,109,110)(H,111,112)(H2,97,98,99,100,101,102,103,104)/b57-45+,58-46+,59-47+,60-48+. The van der Waals surface area contributed by atoms with Gasteiger partial charge in [-0.25, -0.2) is 49.1 Å². The zero-order chi connectivity index (χ0) is 84.3. The quantitative estimate of drug-likeness (QED) is 0.0154. The van der Waals surface area contributed by atoms with Crippen LogP contribution in [0.5, 0.6) is 23.0 Å². The Balaban J connectivity index is 1.00. The third-order valence-corrected chi connectivity index (χ3v) is 24.5. The molecule has 5 heterocycles. The van der Waals surface area contributed by atoms with Gasteiger partial charge in [0, 0.05) is 130 Å². The number of allylic oxidation sites excluding steroid dienone is 4. The van der Waals surface area contributed by atoms with Crippen LogP contribution in [0.2, 0.25) is 0 Å². The second-order valence-electron chi connectivity index (χ2n) is 29.8. The Bertz CT molecular complexity index is 5650. The molecule has 6 N–H and O–H groups in total. The van der Waals surface area contributed by atoms with Gasteiger partial charge in [0.25, 0.3) is 0 Å². The van der Waals surface area contributed by atoms with E-state index in [1.807, 2.05) is 121 Å². The van der Waals surface area contributed by atoms with Crippen molar-refractivity contribution in [3.05, 3.63) is 192 Å². The fourth-order valence-corrected chi connectivity index (χ4v) is 18.0. The van der Waals surface area contributed by atoms with Crippen molar-refractivity contribution in [2.24, 2.45) is 0 Å². The maximum atomic E-state index is 12.0. The third-order valence-electron chi connectivity index (χ3n) is 20.6. The van der Waals surface area contributed by atoms with Crippen molar-refractivity contribution in [1.82, 2.24) is 39.9 Å². The summed E-state index contributed by atoms with van der Waals surface area (Å²) in [6.45, 7) is 17.7. The molecule has 0 aliphatic carbocycles. The molecule has 2 aliphatic heterocycles. The largest absolute Gasteiger partial charge is 0.493 e. The van der Waals surface area contributed by atoms with Gasteiger partial charge >= 0.3 is 23.9 Å². The Labute approximate surface area is 715 Å². The van der Waals surface area contributed by atoms with Crippen molar-refractivity contribution in [3.63, 3.8) is 0 Å². The van der Waals surface area contributed by atoms with Crippen molar-refractivity contribution >= 4 is 137 Å². The van der Waals surface area contributed by atoms with Crippen LogP contribution in [0.15, 0.2) is 209 Å². The van der Waals surface area contributed by atoms with E-state index in [4.69, 9.17) is 48.9 Å². The lowest BCUT2D eigenvalue weighted by Crippen LogP contribution is -2.01. The van der Waals surface area contributed by atoms with Crippen molar-refractivity contribution in [3.8, 4) is 68.5 Å². The number of hydrogen-bond donors (Lipinski definition) is 6. The zero-order valence-corrected chi connectivity index (χ0v) is 71.9. The molecule has 13 rings (SSSR count). The summed E-state index contributed by atoms with van der Waals surface area (Å²) in [5, 5.41) is 42.2. The van der Waals surface area contributed by atoms with Gasteiger partial charge in [-0.3, -0.25) is 0 Å². The molecule has 0 saturated carbocycles. The molecular weight excluding hydrogens is 1590 g/mol. The first-order valence-corrected chi connectivity index (χ1v) is 44.3. The summed E-state index contributed by atoms with van der Waals surface area (Å²) in [5.41, 5.74) is 9.71. The number of carbonyl (C=O) groups is 4. The van der Waals surface area contributed by atoms with Gasteiger partial charge in [0.2, 0.25) is 0 Å². The second-order valence-corrected chi connectivity index (χ2v) is 34.4. The zero-order valence-electron chi connectivity index (χ0n) is 68.7. The van der Waals surface area contributed by atoms with E-state index in [2.05, 4.69) is 61.9 Å². The molecule has 0 fully saturated rings. The molecular formula is C96H98N8O12S4. The van der Waals surface area contributed by atoms with E-state index in [9.17, 15) is 39.6 Å². The number of H-pyrrole nitrogens is 2. The van der Waals surface area contributed by atoms with Crippen LogP contribution in [-0.4, -0.2) is 111 Å². The molecule has 0 spiro atoms. The number of unbranched alkanes of at least 4 members (excludes halogenated alkanes) is 12. The minimum Gasteiger partial charge on any atom is -0.493 e. The number of benzene rings is 8. The highest BCUT2D eigenvalue weighted by atomic mass is 32.2.